The van der Waals surface area contributed by atoms with Crippen LogP contribution in [0.15, 0.2) is 54.7 Å². The minimum absolute atomic E-state index is 0.0536. The van der Waals surface area contributed by atoms with E-state index in [2.05, 4.69) is 10.3 Å². The summed E-state index contributed by atoms with van der Waals surface area (Å²) in [4.78, 5) is 15.2. The lowest BCUT2D eigenvalue weighted by atomic mass is 10.1. The molecule has 0 spiro atoms. The molecule has 1 aromatic heterocycles. The number of aromatic nitrogens is 1. The van der Waals surface area contributed by atoms with Gasteiger partial charge in [0.05, 0.1) is 0 Å². The highest BCUT2D eigenvalue weighted by molar-refractivity contribution is 5.97. The smallest absolute Gasteiger partial charge is 0.251 e. The number of carbonyl (C=O) groups is 1. The topological polar surface area (TPSA) is 44.9 Å². The van der Waals surface area contributed by atoms with Gasteiger partial charge in [-0.05, 0) is 36.1 Å². The van der Waals surface area contributed by atoms with Crippen LogP contribution in [0, 0.1) is 6.92 Å². The van der Waals surface area contributed by atoms with Crippen LogP contribution in [-0.4, -0.2) is 10.9 Å². The van der Waals surface area contributed by atoms with E-state index in [1.54, 1.807) is 0 Å². The first-order chi connectivity index (χ1) is 9.72. The first kappa shape index (κ1) is 12.5. The van der Waals surface area contributed by atoms with Gasteiger partial charge in [-0.25, -0.2) is 0 Å². The van der Waals surface area contributed by atoms with Crippen molar-refractivity contribution >= 4 is 16.8 Å². The highest BCUT2D eigenvalue weighted by Crippen LogP contribution is 2.14. The van der Waals surface area contributed by atoms with E-state index in [0.29, 0.717) is 12.1 Å². The number of benzene rings is 2. The summed E-state index contributed by atoms with van der Waals surface area (Å²) in [5, 5.41) is 4.05. The molecule has 0 aliphatic heterocycles. The van der Waals surface area contributed by atoms with Crippen LogP contribution in [0.5, 0.6) is 0 Å². The molecule has 0 radical (unpaired) electrons. The van der Waals surface area contributed by atoms with Gasteiger partial charge in [0.25, 0.3) is 5.91 Å². The molecule has 3 rings (SSSR count). The average molecular weight is 264 g/mol. The van der Waals surface area contributed by atoms with Crippen LogP contribution in [0.3, 0.4) is 0 Å². The highest BCUT2D eigenvalue weighted by atomic mass is 16.1. The molecule has 2 N–H and O–H groups in total. The number of hydrogen-bond donors (Lipinski definition) is 2. The zero-order chi connectivity index (χ0) is 13.9. The largest absolute Gasteiger partial charge is 0.361 e. The number of carbonyl (C=O) groups excluding carboxylic acids is 1. The van der Waals surface area contributed by atoms with Gasteiger partial charge in [0.1, 0.15) is 0 Å². The van der Waals surface area contributed by atoms with Gasteiger partial charge in [0.2, 0.25) is 0 Å². The summed E-state index contributed by atoms with van der Waals surface area (Å²) in [5.41, 5.74) is 3.97. The summed E-state index contributed by atoms with van der Waals surface area (Å²) in [5.74, 6) is -0.0536. The summed E-state index contributed by atoms with van der Waals surface area (Å²) in [7, 11) is 0. The molecule has 0 saturated carbocycles. The van der Waals surface area contributed by atoms with E-state index in [1.165, 1.54) is 5.56 Å². The Morgan fingerprint density at radius 3 is 2.70 bits per heavy atom. The minimum Gasteiger partial charge on any atom is -0.361 e. The second-order valence-electron chi connectivity index (χ2n) is 4.95. The molecule has 0 unspecified atom stereocenters. The zero-order valence-electron chi connectivity index (χ0n) is 11.3. The maximum atomic E-state index is 12.1. The van der Waals surface area contributed by atoms with E-state index >= 15 is 0 Å². The molecule has 100 valence electrons. The van der Waals surface area contributed by atoms with Gasteiger partial charge in [-0.3, -0.25) is 4.79 Å². The van der Waals surface area contributed by atoms with Crippen molar-refractivity contribution in [1.29, 1.82) is 0 Å². The van der Waals surface area contributed by atoms with E-state index in [1.807, 2.05) is 61.7 Å². The van der Waals surface area contributed by atoms with E-state index in [0.717, 1.165) is 16.5 Å². The lowest BCUT2D eigenvalue weighted by molar-refractivity contribution is 0.0951. The van der Waals surface area contributed by atoms with Crippen LogP contribution in [0.1, 0.15) is 21.5 Å². The quantitative estimate of drug-likeness (QED) is 0.748. The maximum Gasteiger partial charge on any atom is 0.251 e. The van der Waals surface area contributed by atoms with Gasteiger partial charge in [0, 0.05) is 23.8 Å². The Morgan fingerprint density at radius 1 is 1.10 bits per heavy atom. The fourth-order valence-corrected chi connectivity index (χ4v) is 2.18. The van der Waals surface area contributed by atoms with Gasteiger partial charge in [-0.2, -0.15) is 0 Å². The molecule has 0 aliphatic rings. The second kappa shape index (κ2) is 5.21. The van der Waals surface area contributed by atoms with Crippen molar-refractivity contribution in [1.82, 2.24) is 10.3 Å². The van der Waals surface area contributed by atoms with Crippen molar-refractivity contribution in [2.75, 3.05) is 0 Å². The van der Waals surface area contributed by atoms with Crippen LogP contribution in [0.4, 0.5) is 0 Å². The zero-order valence-corrected chi connectivity index (χ0v) is 11.3. The molecule has 0 atom stereocenters. The van der Waals surface area contributed by atoms with Crippen LogP contribution in [-0.2, 0) is 6.54 Å². The predicted octanol–water partition coefficient (Wildman–Crippen LogP) is 3.41. The lowest BCUT2D eigenvalue weighted by Gasteiger charge is -2.06. The van der Waals surface area contributed by atoms with Gasteiger partial charge in [-0.15, -0.1) is 0 Å². The Kier molecular flexibility index (Phi) is 3.25. The van der Waals surface area contributed by atoms with Crippen molar-refractivity contribution in [3.63, 3.8) is 0 Å². The van der Waals surface area contributed by atoms with Gasteiger partial charge in [-0.1, -0.05) is 35.9 Å². The molecule has 3 nitrogen and oxygen atoms in total. The second-order valence-corrected chi connectivity index (χ2v) is 4.95. The highest BCUT2D eigenvalue weighted by Gasteiger charge is 2.06. The summed E-state index contributed by atoms with van der Waals surface area (Å²) in [6.07, 6.45) is 1.87. The Hall–Kier alpha value is -2.55. The summed E-state index contributed by atoms with van der Waals surface area (Å²) in [6.45, 7) is 2.59. The van der Waals surface area contributed by atoms with Crippen LogP contribution in [0.2, 0.25) is 0 Å². The van der Waals surface area contributed by atoms with Crippen LogP contribution >= 0.6 is 0 Å². The van der Waals surface area contributed by atoms with Gasteiger partial charge < -0.3 is 10.3 Å². The third-order valence-corrected chi connectivity index (χ3v) is 3.39. The minimum atomic E-state index is -0.0536. The fraction of sp³-hybridized carbons (Fsp3) is 0.118. The number of aryl methyl sites for hydroxylation is 1. The molecule has 0 saturated heterocycles. The number of aromatic amines is 1. The Bertz CT molecular complexity index is 741. The van der Waals surface area contributed by atoms with E-state index in [-0.39, 0.29) is 5.91 Å². The number of fused-ring (bicyclic) bond motifs is 1. The number of rotatable bonds is 3. The molecular weight excluding hydrogens is 248 g/mol. The number of amides is 1. The van der Waals surface area contributed by atoms with E-state index in [4.69, 9.17) is 0 Å². The van der Waals surface area contributed by atoms with E-state index < -0.39 is 0 Å². The normalized spacial score (nSPS) is 10.7. The number of nitrogens with one attached hydrogen (secondary N) is 2. The van der Waals surface area contributed by atoms with Crippen molar-refractivity contribution in [3.8, 4) is 0 Å². The maximum absolute atomic E-state index is 12.1. The molecule has 1 amide bonds. The lowest BCUT2D eigenvalue weighted by Crippen LogP contribution is -2.22. The molecule has 2 aromatic carbocycles. The molecule has 3 aromatic rings. The Balaban J connectivity index is 1.70. The van der Waals surface area contributed by atoms with Gasteiger partial charge >= 0.3 is 0 Å². The predicted molar refractivity (Wildman–Crippen MR) is 80.6 cm³/mol. The first-order valence-corrected chi connectivity index (χ1v) is 6.63. The molecule has 0 fully saturated rings. The van der Waals surface area contributed by atoms with Crippen molar-refractivity contribution in [2.24, 2.45) is 0 Å². The molecule has 0 aliphatic carbocycles. The van der Waals surface area contributed by atoms with Crippen molar-refractivity contribution < 1.29 is 4.79 Å². The first-order valence-electron chi connectivity index (χ1n) is 6.63. The number of hydrogen-bond acceptors (Lipinski definition) is 1. The molecular formula is C17H16N2O. The Morgan fingerprint density at radius 2 is 1.90 bits per heavy atom. The third kappa shape index (κ3) is 2.57. The average Bonchev–Trinajstić information content (AvgIpc) is 2.93. The summed E-state index contributed by atoms with van der Waals surface area (Å²) < 4.78 is 0. The molecule has 20 heavy (non-hydrogen) atoms. The monoisotopic (exact) mass is 264 g/mol. The molecule has 1 heterocycles. The fourth-order valence-electron chi connectivity index (χ4n) is 2.18. The summed E-state index contributed by atoms with van der Waals surface area (Å²) in [6, 6.07) is 15.8. The van der Waals surface area contributed by atoms with Crippen LogP contribution in [0.25, 0.3) is 10.9 Å². The van der Waals surface area contributed by atoms with E-state index in [9.17, 15) is 4.79 Å². The van der Waals surface area contributed by atoms with Crippen molar-refractivity contribution in [3.05, 3.63) is 71.4 Å². The summed E-state index contributed by atoms with van der Waals surface area (Å²) >= 11 is 0. The number of H-pyrrole nitrogens is 1. The standard InChI is InChI=1S/C17H16N2O/c1-12-2-4-13(5-3-12)11-19-17(20)15-7-6-14-8-9-18-16(14)10-15/h2-10,18H,11H2,1H3,(H,19,20). The van der Waals surface area contributed by atoms with Crippen LogP contribution < -0.4 is 5.32 Å². The SMILES string of the molecule is Cc1ccc(CNC(=O)c2ccc3cc[nH]c3c2)cc1. The Labute approximate surface area is 117 Å². The van der Waals surface area contributed by atoms with Gasteiger partial charge in [0.15, 0.2) is 0 Å². The molecule has 3 heteroatoms. The molecule has 0 bridgehead atoms. The third-order valence-electron chi connectivity index (χ3n) is 3.39. The van der Waals surface area contributed by atoms with Crippen molar-refractivity contribution in [2.45, 2.75) is 13.5 Å².